The van der Waals surface area contributed by atoms with Gasteiger partial charge < -0.3 is 9.47 Å². The lowest BCUT2D eigenvalue weighted by atomic mass is 9.70. The minimum absolute atomic E-state index is 0.155. The Morgan fingerprint density at radius 2 is 1.67 bits per heavy atom. The van der Waals surface area contributed by atoms with Gasteiger partial charge >= 0.3 is 17.9 Å². The van der Waals surface area contributed by atoms with Crippen LogP contribution in [-0.4, -0.2) is 23.5 Å². The van der Waals surface area contributed by atoms with Crippen molar-refractivity contribution in [3.05, 3.63) is 0 Å². The van der Waals surface area contributed by atoms with Crippen LogP contribution in [0.3, 0.4) is 0 Å². The molecule has 0 N–H and O–H groups in total. The van der Waals surface area contributed by atoms with E-state index in [1.54, 1.807) is 0 Å². The van der Waals surface area contributed by atoms with Crippen LogP contribution in [-0.2, 0) is 23.9 Å². The van der Waals surface area contributed by atoms with Crippen LogP contribution in [0.25, 0.3) is 0 Å². The molecule has 3 rings (SSSR count). The fourth-order valence-corrected chi connectivity index (χ4v) is 4.78. The number of hydrogen-bond donors (Lipinski definition) is 0. The smallest absolute Gasteiger partial charge is 0.317 e. The van der Waals surface area contributed by atoms with Gasteiger partial charge in [-0.3, -0.25) is 14.4 Å². The van der Waals surface area contributed by atoms with Crippen LogP contribution in [0.1, 0.15) is 60.8 Å². The molecule has 1 saturated heterocycles. The topological polar surface area (TPSA) is 69.7 Å². The first-order valence-corrected chi connectivity index (χ1v) is 8.96. The molecule has 0 aromatic heterocycles. The first-order valence-electron chi connectivity index (χ1n) is 8.96. The summed E-state index contributed by atoms with van der Waals surface area (Å²) in [6.07, 6.45) is 3.81. The maximum absolute atomic E-state index is 11.8. The van der Waals surface area contributed by atoms with Crippen LogP contribution in [0.5, 0.6) is 0 Å². The summed E-state index contributed by atoms with van der Waals surface area (Å²) < 4.78 is 9.58. The molecule has 0 radical (unpaired) electrons. The SMILES string of the molecule is CC(=O)OC(C)(C)C.CC1C(=O)OC(=O)C1C1C2CCC(C2)C1C. The molecule has 1 aliphatic heterocycles. The maximum Gasteiger partial charge on any atom is 0.317 e. The number of fused-ring (bicyclic) bond motifs is 2. The Hall–Kier alpha value is -1.39. The largest absolute Gasteiger partial charge is 0.460 e. The zero-order valence-electron chi connectivity index (χ0n) is 15.6. The molecule has 6 unspecified atom stereocenters. The number of carbonyl (C=O) groups excluding carboxylic acids is 3. The van der Waals surface area contributed by atoms with E-state index in [1.165, 1.54) is 26.2 Å². The molecule has 2 saturated carbocycles. The summed E-state index contributed by atoms with van der Waals surface area (Å²) in [6, 6.07) is 0. The molecule has 0 spiro atoms. The number of hydrogen-bond acceptors (Lipinski definition) is 5. The molecule has 3 fully saturated rings. The van der Waals surface area contributed by atoms with Crippen LogP contribution >= 0.6 is 0 Å². The summed E-state index contributed by atoms with van der Waals surface area (Å²) in [5.41, 5.74) is -0.328. The average Bonchev–Trinajstić information content (AvgIpc) is 3.05. The highest BCUT2D eigenvalue weighted by atomic mass is 16.6. The normalized spacial score (nSPS) is 37.8. The van der Waals surface area contributed by atoms with E-state index in [0.717, 1.165) is 5.92 Å². The summed E-state index contributed by atoms with van der Waals surface area (Å²) in [4.78, 5) is 33.4. The number of carbonyl (C=O) groups is 3. The van der Waals surface area contributed by atoms with E-state index in [0.29, 0.717) is 17.8 Å². The predicted molar refractivity (Wildman–Crippen MR) is 88.8 cm³/mol. The van der Waals surface area contributed by atoms with Gasteiger partial charge in [0.1, 0.15) is 5.60 Å². The third-order valence-corrected chi connectivity index (χ3v) is 5.66. The highest BCUT2D eigenvalue weighted by Gasteiger charge is 2.55. The van der Waals surface area contributed by atoms with Crippen LogP contribution in [0, 0.1) is 35.5 Å². The van der Waals surface area contributed by atoms with Crippen molar-refractivity contribution in [3.63, 3.8) is 0 Å². The highest BCUT2D eigenvalue weighted by molar-refractivity contribution is 5.96. The molecule has 136 valence electrons. The van der Waals surface area contributed by atoms with Gasteiger partial charge in [0.2, 0.25) is 0 Å². The third kappa shape index (κ3) is 3.98. The van der Waals surface area contributed by atoms with Gasteiger partial charge in [0, 0.05) is 6.92 Å². The van der Waals surface area contributed by atoms with Crippen LogP contribution in [0.2, 0.25) is 0 Å². The van der Waals surface area contributed by atoms with Gasteiger partial charge in [-0.05, 0) is 63.7 Å². The lowest BCUT2D eigenvalue weighted by Crippen LogP contribution is -2.33. The van der Waals surface area contributed by atoms with Crippen LogP contribution < -0.4 is 0 Å². The van der Waals surface area contributed by atoms with Crippen molar-refractivity contribution in [2.24, 2.45) is 35.5 Å². The Morgan fingerprint density at radius 1 is 1.08 bits per heavy atom. The molecule has 5 heteroatoms. The molecule has 24 heavy (non-hydrogen) atoms. The van der Waals surface area contributed by atoms with E-state index in [4.69, 9.17) is 9.47 Å². The zero-order valence-corrected chi connectivity index (χ0v) is 15.6. The molecule has 2 aliphatic carbocycles. The summed E-state index contributed by atoms with van der Waals surface area (Å²) in [7, 11) is 0. The summed E-state index contributed by atoms with van der Waals surface area (Å²) in [5.74, 6) is 1.25. The molecule has 2 bridgehead atoms. The minimum Gasteiger partial charge on any atom is -0.460 e. The van der Waals surface area contributed by atoms with Gasteiger partial charge in [0.05, 0.1) is 11.8 Å². The number of esters is 3. The molecular weight excluding hydrogens is 308 g/mol. The Balaban J connectivity index is 0.000000224. The van der Waals surface area contributed by atoms with Crippen molar-refractivity contribution in [1.29, 1.82) is 0 Å². The van der Waals surface area contributed by atoms with Gasteiger partial charge in [-0.25, -0.2) is 0 Å². The Kier molecular flexibility index (Phi) is 5.41. The Labute approximate surface area is 144 Å². The third-order valence-electron chi connectivity index (χ3n) is 5.66. The van der Waals surface area contributed by atoms with E-state index < -0.39 is 0 Å². The van der Waals surface area contributed by atoms with E-state index in [9.17, 15) is 14.4 Å². The number of cyclic esters (lactones) is 2. The molecule has 0 amide bonds. The number of rotatable bonds is 1. The first-order chi connectivity index (χ1) is 11.0. The van der Waals surface area contributed by atoms with Crippen molar-refractivity contribution < 1.29 is 23.9 Å². The lowest BCUT2D eigenvalue weighted by molar-refractivity contribution is -0.155. The summed E-state index contributed by atoms with van der Waals surface area (Å²) >= 11 is 0. The van der Waals surface area contributed by atoms with Crippen molar-refractivity contribution in [3.8, 4) is 0 Å². The number of ether oxygens (including phenoxy) is 2. The fraction of sp³-hybridized carbons (Fsp3) is 0.842. The second-order valence-corrected chi connectivity index (χ2v) is 8.53. The zero-order chi connectivity index (χ0) is 18.2. The molecule has 1 heterocycles. The summed E-state index contributed by atoms with van der Waals surface area (Å²) in [5, 5.41) is 0. The fourth-order valence-electron chi connectivity index (χ4n) is 4.78. The van der Waals surface area contributed by atoms with E-state index >= 15 is 0 Å². The molecule has 6 atom stereocenters. The van der Waals surface area contributed by atoms with Gasteiger partial charge in [-0.1, -0.05) is 13.8 Å². The van der Waals surface area contributed by atoms with Crippen molar-refractivity contribution in [1.82, 2.24) is 0 Å². The summed E-state index contributed by atoms with van der Waals surface area (Å²) in [6.45, 7) is 11.0. The van der Waals surface area contributed by atoms with E-state index in [-0.39, 0.29) is 35.3 Å². The maximum atomic E-state index is 11.8. The second-order valence-electron chi connectivity index (χ2n) is 8.53. The van der Waals surface area contributed by atoms with Crippen molar-refractivity contribution in [2.45, 2.75) is 66.4 Å². The molecule has 3 aliphatic rings. The molecule has 0 aromatic rings. The molecule has 5 nitrogen and oxygen atoms in total. The quantitative estimate of drug-likeness (QED) is 0.542. The Bertz CT molecular complexity index is 516. The highest BCUT2D eigenvalue weighted by Crippen LogP contribution is 2.56. The van der Waals surface area contributed by atoms with Gasteiger partial charge in [-0.2, -0.15) is 0 Å². The average molecular weight is 338 g/mol. The van der Waals surface area contributed by atoms with Gasteiger partial charge in [-0.15, -0.1) is 0 Å². The van der Waals surface area contributed by atoms with Crippen LogP contribution in [0.15, 0.2) is 0 Å². The molecule has 0 aromatic carbocycles. The molecular formula is C19H30O5. The first kappa shape index (κ1) is 18.9. The predicted octanol–water partition coefficient (Wildman–Crippen LogP) is 3.35. The van der Waals surface area contributed by atoms with Gasteiger partial charge in [0.25, 0.3) is 0 Å². The van der Waals surface area contributed by atoms with Crippen molar-refractivity contribution in [2.75, 3.05) is 0 Å². The lowest BCUT2D eigenvalue weighted by Gasteiger charge is -2.32. The van der Waals surface area contributed by atoms with Gasteiger partial charge in [0.15, 0.2) is 0 Å². The second kappa shape index (κ2) is 6.85. The van der Waals surface area contributed by atoms with E-state index in [1.807, 2.05) is 27.7 Å². The minimum atomic E-state index is -0.328. The van der Waals surface area contributed by atoms with E-state index in [2.05, 4.69) is 6.92 Å². The standard InChI is InChI=1S/C13H18O3.C6H12O2/c1-6-8-3-4-9(5-8)10(6)11-7(2)12(14)16-13(11)15;1-5(7)8-6(2,3)4/h6-11H,3-5H2,1-2H3;1-4H3. The monoisotopic (exact) mass is 338 g/mol. The Morgan fingerprint density at radius 3 is 2.00 bits per heavy atom. The van der Waals surface area contributed by atoms with Crippen molar-refractivity contribution >= 4 is 17.9 Å². The van der Waals surface area contributed by atoms with Crippen LogP contribution in [0.4, 0.5) is 0 Å².